The number of methoxy groups -OCH3 is 1. The van der Waals surface area contributed by atoms with Gasteiger partial charge in [0, 0.05) is 6.54 Å². The summed E-state index contributed by atoms with van der Waals surface area (Å²) in [5.74, 6) is 2.26. The molecule has 3 heteroatoms. The molecule has 19 heavy (non-hydrogen) atoms. The van der Waals surface area contributed by atoms with Gasteiger partial charge >= 0.3 is 0 Å². The average Bonchev–Trinajstić information content (AvgIpc) is 2.45. The first-order chi connectivity index (χ1) is 9.20. The van der Waals surface area contributed by atoms with E-state index in [2.05, 4.69) is 42.7 Å². The van der Waals surface area contributed by atoms with E-state index in [1.165, 1.54) is 18.4 Å². The molecule has 0 radical (unpaired) electrons. The smallest absolute Gasteiger partial charge is 0.141 e. The van der Waals surface area contributed by atoms with Crippen LogP contribution in [0.1, 0.15) is 38.2 Å². The molecule has 1 heterocycles. The second-order valence-electron chi connectivity index (χ2n) is 5.69. The molecular formula is C16H26N2O. The summed E-state index contributed by atoms with van der Waals surface area (Å²) in [6.07, 6.45) is 2.53. The minimum atomic E-state index is 0.547. The lowest BCUT2D eigenvalue weighted by molar-refractivity contribution is 0.387. The molecule has 0 saturated carbocycles. The number of rotatable bonds is 5. The highest BCUT2D eigenvalue weighted by atomic mass is 16.5. The van der Waals surface area contributed by atoms with E-state index in [0.29, 0.717) is 5.92 Å². The van der Waals surface area contributed by atoms with Gasteiger partial charge in [0.1, 0.15) is 5.75 Å². The molecule has 3 nitrogen and oxygen atoms in total. The Morgan fingerprint density at radius 3 is 2.68 bits per heavy atom. The third-order valence-electron chi connectivity index (χ3n) is 3.93. The Bertz CT molecular complexity index is 398. The molecule has 0 atom stereocenters. The van der Waals surface area contributed by atoms with E-state index in [-0.39, 0.29) is 0 Å². The van der Waals surface area contributed by atoms with Crippen molar-refractivity contribution >= 4 is 5.69 Å². The van der Waals surface area contributed by atoms with Crippen LogP contribution in [-0.4, -0.2) is 26.7 Å². The molecule has 0 amide bonds. The van der Waals surface area contributed by atoms with Gasteiger partial charge in [-0.3, -0.25) is 0 Å². The summed E-state index contributed by atoms with van der Waals surface area (Å²) in [5, 5.41) is 6.98. The number of ether oxygens (including phenoxy) is 1. The first kappa shape index (κ1) is 14.2. The zero-order chi connectivity index (χ0) is 13.7. The van der Waals surface area contributed by atoms with Crippen molar-refractivity contribution in [2.45, 2.75) is 32.6 Å². The molecule has 2 rings (SSSR count). The monoisotopic (exact) mass is 262 g/mol. The Labute approximate surface area is 116 Å². The Kier molecular flexibility index (Phi) is 5.08. The van der Waals surface area contributed by atoms with Crippen LogP contribution in [0.25, 0.3) is 0 Å². The predicted octanol–water partition coefficient (Wildman–Crippen LogP) is 3.23. The van der Waals surface area contributed by atoms with E-state index in [1.54, 1.807) is 7.11 Å². The zero-order valence-corrected chi connectivity index (χ0v) is 12.3. The van der Waals surface area contributed by atoms with Crippen molar-refractivity contribution in [2.75, 3.05) is 32.1 Å². The fourth-order valence-corrected chi connectivity index (χ4v) is 2.56. The van der Waals surface area contributed by atoms with Crippen molar-refractivity contribution in [1.29, 1.82) is 0 Å². The Hall–Kier alpha value is -1.22. The Morgan fingerprint density at radius 1 is 1.32 bits per heavy atom. The molecule has 0 aliphatic carbocycles. The fraction of sp³-hybridized carbons (Fsp3) is 0.625. The molecule has 1 aromatic rings. The molecule has 1 saturated heterocycles. The van der Waals surface area contributed by atoms with E-state index in [4.69, 9.17) is 4.74 Å². The van der Waals surface area contributed by atoms with Gasteiger partial charge in [-0.1, -0.05) is 19.9 Å². The first-order valence-corrected chi connectivity index (χ1v) is 7.33. The third-order valence-corrected chi connectivity index (χ3v) is 3.93. The number of anilines is 1. The highest BCUT2D eigenvalue weighted by Crippen LogP contribution is 2.29. The van der Waals surface area contributed by atoms with Gasteiger partial charge in [0.15, 0.2) is 0 Å². The average molecular weight is 262 g/mol. The van der Waals surface area contributed by atoms with Crippen LogP contribution >= 0.6 is 0 Å². The predicted molar refractivity (Wildman–Crippen MR) is 81.2 cm³/mol. The van der Waals surface area contributed by atoms with Crippen molar-refractivity contribution in [2.24, 2.45) is 5.92 Å². The van der Waals surface area contributed by atoms with Crippen LogP contribution in [0.4, 0.5) is 5.69 Å². The Balaban J connectivity index is 2.02. The minimum Gasteiger partial charge on any atom is -0.495 e. The van der Waals surface area contributed by atoms with Gasteiger partial charge in [0.05, 0.1) is 12.8 Å². The highest BCUT2D eigenvalue weighted by molar-refractivity contribution is 5.58. The Morgan fingerprint density at radius 2 is 2.05 bits per heavy atom. The maximum atomic E-state index is 5.45. The van der Waals surface area contributed by atoms with Gasteiger partial charge in [-0.15, -0.1) is 0 Å². The second-order valence-corrected chi connectivity index (χ2v) is 5.69. The number of piperidine rings is 1. The molecule has 0 spiro atoms. The SMILES string of the molecule is COc1ccc(C(C)C)cc1NCC1CCNCC1. The highest BCUT2D eigenvalue weighted by Gasteiger charge is 2.14. The van der Waals surface area contributed by atoms with Crippen LogP contribution in [-0.2, 0) is 0 Å². The maximum Gasteiger partial charge on any atom is 0.141 e. The number of benzene rings is 1. The largest absolute Gasteiger partial charge is 0.495 e. The minimum absolute atomic E-state index is 0.547. The zero-order valence-electron chi connectivity index (χ0n) is 12.3. The number of hydrogen-bond donors (Lipinski definition) is 2. The van der Waals surface area contributed by atoms with Gasteiger partial charge in [0.25, 0.3) is 0 Å². The lowest BCUT2D eigenvalue weighted by atomic mass is 9.97. The van der Waals surface area contributed by atoms with Crippen LogP contribution in [0.3, 0.4) is 0 Å². The van der Waals surface area contributed by atoms with E-state index < -0.39 is 0 Å². The van der Waals surface area contributed by atoms with Crippen molar-refractivity contribution < 1.29 is 4.74 Å². The van der Waals surface area contributed by atoms with Crippen molar-refractivity contribution in [3.05, 3.63) is 23.8 Å². The van der Waals surface area contributed by atoms with Gasteiger partial charge in [0.2, 0.25) is 0 Å². The number of hydrogen-bond acceptors (Lipinski definition) is 3. The molecule has 0 unspecified atom stereocenters. The van der Waals surface area contributed by atoms with Crippen LogP contribution in [0.2, 0.25) is 0 Å². The molecule has 2 N–H and O–H groups in total. The molecule has 0 aromatic heterocycles. The standard InChI is InChI=1S/C16H26N2O/c1-12(2)14-4-5-16(19-3)15(10-14)18-11-13-6-8-17-9-7-13/h4-5,10,12-13,17-18H,6-9,11H2,1-3H3. The van der Waals surface area contributed by atoms with Crippen molar-refractivity contribution in [3.8, 4) is 5.75 Å². The molecule has 0 bridgehead atoms. The van der Waals surface area contributed by atoms with Gasteiger partial charge in [-0.05, 0) is 55.5 Å². The van der Waals surface area contributed by atoms with E-state index in [0.717, 1.165) is 37.0 Å². The van der Waals surface area contributed by atoms with E-state index in [9.17, 15) is 0 Å². The summed E-state index contributed by atoms with van der Waals surface area (Å²) in [4.78, 5) is 0. The molecule has 1 aliphatic heterocycles. The first-order valence-electron chi connectivity index (χ1n) is 7.33. The molecule has 1 aromatic carbocycles. The van der Waals surface area contributed by atoms with E-state index in [1.807, 2.05) is 0 Å². The van der Waals surface area contributed by atoms with Crippen LogP contribution in [0, 0.1) is 5.92 Å². The lowest BCUT2D eigenvalue weighted by Gasteiger charge is -2.24. The molecular weight excluding hydrogens is 236 g/mol. The second kappa shape index (κ2) is 6.80. The molecule has 106 valence electrons. The molecule has 1 fully saturated rings. The summed E-state index contributed by atoms with van der Waals surface area (Å²) in [6.45, 7) is 7.78. The summed E-state index contributed by atoms with van der Waals surface area (Å²) >= 11 is 0. The normalized spacial score (nSPS) is 16.6. The van der Waals surface area contributed by atoms with Gasteiger partial charge in [-0.2, -0.15) is 0 Å². The van der Waals surface area contributed by atoms with Crippen LogP contribution in [0.15, 0.2) is 18.2 Å². The quantitative estimate of drug-likeness (QED) is 0.854. The van der Waals surface area contributed by atoms with Gasteiger partial charge < -0.3 is 15.4 Å². The van der Waals surface area contributed by atoms with Crippen molar-refractivity contribution in [3.63, 3.8) is 0 Å². The summed E-state index contributed by atoms with van der Waals surface area (Å²) in [7, 11) is 1.74. The van der Waals surface area contributed by atoms with Gasteiger partial charge in [-0.25, -0.2) is 0 Å². The van der Waals surface area contributed by atoms with Crippen LogP contribution in [0.5, 0.6) is 5.75 Å². The summed E-state index contributed by atoms with van der Waals surface area (Å²) < 4.78 is 5.45. The van der Waals surface area contributed by atoms with Crippen LogP contribution < -0.4 is 15.4 Å². The third kappa shape index (κ3) is 3.87. The summed E-state index contributed by atoms with van der Waals surface area (Å²) in [6, 6.07) is 6.45. The topological polar surface area (TPSA) is 33.3 Å². The maximum absolute atomic E-state index is 5.45. The molecule has 1 aliphatic rings. The lowest BCUT2D eigenvalue weighted by Crippen LogP contribution is -2.31. The fourth-order valence-electron chi connectivity index (χ4n) is 2.56. The van der Waals surface area contributed by atoms with E-state index >= 15 is 0 Å². The number of nitrogens with one attached hydrogen (secondary N) is 2. The van der Waals surface area contributed by atoms with Crippen molar-refractivity contribution in [1.82, 2.24) is 5.32 Å². The summed E-state index contributed by atoms with van der Waals surface area (Å²) in [5.41, 5.74) is 2.49.